The summed E-state index contributed by atoms with van der Waals surface area (Å²) in [7, 11) is 0. The zero-order chi connectivity index (χ0) is 18.7. The van der Waals surface area contributed by atoms with Gasteiger partial charge in [0.15, 0.2) is 0 Å². The van der Waals surface area contributed by atoms with Crippen LogP contribution in [0.15, 0.2) is 48.5 Å². The van der Waals surface area contributed by atoms with Crippen molar-refractivity contribution < 1.29 is 14.4 Å². The van der Waals surface area contributed by atoms with E-state index in [1.54, 1.807) is 18.2 Å². The van der Waals surface area contributed by atoms with E-state index in [9.17, 15) is 14.4 Å². The minimum atomic E-state index is -0.902. The molecule has 1 heterocycles. The molecule has 0 spiro atoms. The molecule has 2 aromatic carbocycles. The molecule has 26 heavy (non-hydrogen) atoms. The second-order valence-electron chi connectivity index (χ2n) is 5.08. The highest BCUT2D eigenvalue weighted by Gasteiger charge is 2.18. The highest BCUT2D eigenvalue weighted by molar-refractivity contribution is 7.21. The lowest BCUT2D eigenvalue weighted by molar-refractivity contribution is 0.0921. The van der Waals surface area contributed by atoms with E-state index in [1.807, 2.05) is 18.2 Å². The molecule has 0 bridgehead atoms. The van der Waals surface area contributed by atoms with Gasteiger partial charge in [-0.2, -0.15) is 0 Å². The lowest BCUT2D eigenvalue weighted by Gasteiger charge is -2.08. The Morgan fingerprint density at radius 1 is 0.846 bits per heavy atom. The first kappa shape index (κ1) is 18.2. The Balaban J connectivity index is 1.62. The molecule has 6 nitrogen and oxygen atoms in total. The number of halogens is 2. The van der Waals surface area contributed by atoms with E-state index >= 15 is 0 Å². The van der Waals surface area contributed by atoms with Crippen molar-refractivity contribution in [1.29, 1.82) is 0 Å². The number of amides is 4. The van der Waals surface area contributed by atoms with E-state index in [4.69, 9.17) is 23.2 Å². The Hall–Kier alpha value is -2.61. The Morgan fingerprint density at radius 3 is 2.27 bits per heavy atom. The lowest BCUT2D eigenvalue weighted by atomic mass is 10.2. The maximum absolute atomic E-state index is 12.2. The van der Waals surface area contributed by atoms with Crippen LogP contribution in [0.1, 0.15) is 20.0 Å². The van der Waals surface area contributed by atoms with E-state index in [2.05, 4.69) is 16.2 Å². The maximum Gasteiger partial charge on any atom is 0.340 e. The smallest absolute Gasteiger partial charge is 0.273 e. The predicted octanol–water partition coefficient (Wildman–Crippen LogP) is 3.99. The molecule has 9 heteroatoms. The number of rotatable bonds is 2. The number of imide groups is 1. The van der Waals surface area contributed by atoms with Crippen LogP contribution >= 0.6 is 34.5 Å². The molecule has 0 saturated carbocycles. The van der Waals surface area contributed by atoms with Crippen LogP contribution in [0.3, 0.4) is 0 Å². The third-order valence-corrected chi connectivity index (χ3v) is 5.38. The summed E-state index contributed by atoms with van der Waals surface area (Å²) >= 11 is 13.3. The third kappa shape index (κ3) is 3.80. The fraction of sp³-hybridized carbons (Fsp3) is 0. The first-order valence-electron chi connectivity index (χ1n) is 7.30. The van der Waals surface area contributed by atoms with E-state index in [0.29, 0.717) is 5.02 Å². The van der Waals surface area contributed by atoms with Gasteiger partial charge in [0, 0.05) is 10.1 Å². The highest BCUT2D eigenvalue weighted by Crippen LogP contribution is 2.34. The Morgan fingerprint density at radius 2 is 1.54 bits per heavy atom. The highest BCUT2D eigenvalue weighted by atomic mass is 35.5. The Bertz CT molecular complexity index is 1020. The van der Waals surface area contributed by atoms with Gasteiger partial charge in [0.1, 0.15) is 4.88 Å². The van der Waals surface area contributed by atoms with Gasteiger partial charge in [0.25, 0.3) is 11.8 Å². The number of nitrogens with one attached hydrogen (secondary N) is 3. The van der Waals surface area contributed by atoms with Crippen LogP contribution in [0.2, 0.25) is 10.0 Å². The van der Waals surface area contributed by atoms with Crippen molar-refractivity contribution in [2.75, 3.05) is 0 Å². The van der Waals surface area contributed by atoms with Crippen LogP contribution < -0.4 is 16.2 Å². The Kier molecular flexibility index (Phi) is 5.41. The van der Waals surface area contributed by atoms with Crippen molar-refractivity contribution in [3.63, 3.8) is 0 Å². The number of carbonyl (C=O) groups excluding carboxylic acids is 3. The number of carbonyl (C=O) groups is 3. The molecule has 1 aromatic heterocycles. The second kappa shape index (κ2) is 7.74. The molecule has 4 amide bonds. The number of benzene rings is 2. The molecule has 0 radical (unpaired) electrons. The van der Waals surface area contributed by atoms with Crippen LogP contribution in [-0.4, -0.2) is 17.8 Å². The van der Waals surface area contributed by atoms with E-state index in [1.165, 1.54) is 23.5 Å². The van der Waals surface area contributed by atoms with Gasteiger partial charge in [-0.3, -0.25) is 20.3 Å². The van der Waals surface area contributed by atoms with Crippen molar-refractivity contribution in [2.24, 2.45) is 0 Å². The molecule has 3 N–H and O–H groups in total. The quantitative estimate of drug-likeness (QED) is 0.561. The number of urea groups is 1. The van der Waals surface area contributed by atoms with Gasteiger partial charge < -0.3 is 0 Å². The van der Waals surface area contributed by atoms with Gasteiger partial charge in [-0.15, -0.1) is 11.3 Å². The van der Waals surface area contributed by atoms with Gasteiger partial charge in [0.05, 0.1) is 15.6 Å². The van der Waals surface area contributed by atoms with Crippen LogP contribution in [0, 0.1) is 0 Å². The first-order chi connectivity index (χ1) is 12.5. The summed E-state index contributed by atoms with van der Waals surface area (Å²) < 4.78 is 0.848. The fourth-order valence-corrected chi connectivity index (χ4v) is 3.81. The third-order valence-electron chi connectivity index (χ3n) is 3.38. The van der Waals surface area contributed by atoms with Crippen molar-refractivity contribution in [3.05, 3.63) is 69.0 Å². The second-order valence-corrected chi connectivity index (χ2v) is 6.92. The number of hydrogen-bond donors (Lipinski definition) is 3. The molecule has 0 aliphatic heterocycles. The molecule has 0 atom stereocenters. The molecule has 0 fully saturated rings. The number of fused-ring (bicyclic) bond motifs is 1. The largest absolute Gasteiger partial charge is 0.340 e. The minimum absolute atomic E-state index is 0.142. The maximum atomic E-state index is 12.2. The topological polar surface area (TPSA) is 87.3 Å². The average Bonchev–Trinajstić information content (AvgIpc) is 2.97. The van der Waals surface area contributed by atoms with Gasteiger partial charge >= 0.3 is 6.03 Å². The number of hydrogen-bond acceptors (Lipinski definition) is 4. The summed E-state index contributed by atoms with van der Waals surface area (Å²) in [6.45, 7) is 0. The number of hydrazine groups is 1. The van der Waals surface area contributed by atoms with Gasteiger partial charge in [-0.05, 0) is 18.2 Å². The van der Waals surface area contributed by atoms with Gasteiger partial charge in [-0.1, -0.05) is 53.5 Å². The zero-order valence-electron chi connectivity index (χ0n) is 13.0. The Labute approximate surface area is 162 Å². The summed E-state index contributed by atoms with van der Waals surface area (Å²) in [4.78, 5) is 36.2. The summed E-state index contributed by atoms with van der Waals surface area (Å²) in [5, 5.41) is 3.33. The molecule has 0 aliphatic carbocycles. The fourth-order valence-electron chi connectivity index (χ4n) is 2.18. The SMILES string of the molecule is O=C(NNC(=O)c1sc2ccccc2c1Cl)NC(=O)c1ccccc1Cl. The molecule has 0 unspecified atom stereocenters. The van der Waals surface area contributed by atoms with E-state index < -0.39 is 17.8 Å². The van der Waals surface area contributed by atoms with E-state index in [0.717, 1.165) is 10.1 Å². The molecule has 3 aromatic rings. The van der Waals surface area contributed by atoms with Gasteiger partial charge in [0.2, 0.25) is 0 Å². The van der Waals surface area contributed by atoms with Crippen LogP contribution in [0.25, 0.3) is 10.1 Å². The summed E-state index contributed by atoms with van der Waals surface area (Å²) in [6, 6.07) is 12.7. The molecular weight excluding hydrogens is 397 g/mol. The normalized spacial score (nSPS) is 10.4. The number of thiophene rings is 1. The molecule has 3 rings (SSSR count). The van der Waals surface area contributed by atoms with Crippen LogP contribution in [0.5, 0.6) is 0 Å². The summed E-state index contributed by atoms with van der Waals surface area (Å²) in [5.41, 5.74) is 4.46. The zero-order valence-corrected chi connectivity index (χ0v) is 15.3. The summed E-state index contributed by atoms with van der Waals surface area (Å²) in [6.07, 6.45) is 0. The first-order valence-corrected chi connectivity index (χ1v) is 8.88. The van der Waals surface area contributed by atoms with Crippen LogP contribution in [0.4, 0.5) is 4.79 Å². The van der Waals surface area contributed by atoms with Crippen molar-refractivity contribution >= 4 is 62.5 Å². The van der Waals surface area contributed by atoms with E-state index in [-0.39, 0.29) is 15.5 Å². The van der Waals surface area contributed by atoms with Crippen molar-refractivity contribution in [2.45, 2.75) is 0 Å². The molecule has 0 saturated heterocycles. The van der Waals surface area contributed by atoms with Crippen molar-refractivity contribution in [1.82, 2.24) is 16.2 Å². The predicted molar refractivity (Wildman–Crippen MR) is 102 cm³/mol. The standard InChI is InChI=1S/C17H11Cl2N3O3S/c18-11-7-3-1-5-9(11)15(23)20-17(25)22-21-16(24)14-13(19)10-6-2-4-8-12(10)26-14/h1-8H,(H,21,24)(H2,20,22,23,25). The monoisotopic (exact) mass is 407 g/mol. The molecule has 132 valence electrons. The molecule has 0 aliphatic rings. The lowest BCUT2D eigenvalue weighted by Crippen LogP contribution is -2.48. The van der Waals surface area contributed by atoms with Crippen LogP contribution in [-0.2, 0) is 0 Å². The van der Waals surface area contributed by atoms with Gasteiger partial charge in [-0.25, -0.2) is 10.2 Å². The summed E-state index contributed by atoms with van der Waals surface area (Å²) in [5.74, 6) is -1.28. The minimum Gasteiger partial charge on any atom is -0.273 e. The van der Waals surface area contributed by atoms with Crippen molar-refractivity contribution in [3.8, 4) is 0 Å². The molecular formula is C17H11Cl2N3O3S. The average molecular weight is 408 g/mol.